The second-order valence-electron chi connectivity index (χ2n) is 8.28. The van der Waals surface area contributed by atoms with Crippen LogP contribution >= 0.6 is 0 Å². The van der Waals surface area contributed by atoms with Gasteiger partial charge in [-0.25, -0.2) is 0 Å². The Kier molecular flexibility index (Phi) is 7.69. The number of methoxy groups -OCH3 is 1. The molecular weight excluding hydrogens is 440 g/mol. The number of hydrogen-bond acceptors (Lipinski definition) is 5. The topological polar surface area (TPSA) is 71.8 Å². The molecule has 0 aromatic heterocycles. The first kappa shape index (κ1) is 23.9. The minimum atomic E-state index is -0.301. The smallest absolute Gasteiger partial charge is 0.268 e. The average molecular weight is 469 g/mol. The van der Waals surface area contributed by atoms with Gasteiger partial charge in [-0.2, -0.15) is 5.26 Å². The molecule has 1 heterocycles. The first-order valence-corrected chi connectivity index (χ1v) is 11.6. The van der Waals surface area contributed by atoms with Crippen molar-refractivity contribution in [2.45, 2.75) is 19.8 Å². The van der Waals surface area contributed by atoms with Gasteiger partial charge in [-0.15, -0.1) is 0 Å². The zero-order valence-electron chi connectivity index (χ0n) is 20.0. The number of aryl methyl sites for hydroxylation is 1. The molecule has 0 spiro atoms. The number of hydrogen-bond donors (Lipinski definition) is 0. The van der Waals surface area contributed by atoms with Gasteiger partial charge in [0.2, 0.25) is 0 Å². The first-order valence-electron chi connectivity index (χ1n) is 11.6. The van der Waals surface area contributed by atoms with Gasteiger partial charge in [0.15, 0.2) is 11.5 Å². The van der Waals surface area contributed by atoms with Gasteiger partial charge in [-0.1, -0.05) is 42.0 Å². The van der Waals surface area contributed by atoms with E-state index in [0.717, 1.165) is 23.4 Å². The third-order valence-electron chi connectivity index (χ3n) is 5.82. The van der Waals surface area contributed by atoms with Crippen LogP contribution in [0.5, 0.6) is 17.2 Å². The van der Waals surface area contributed by atoms with E-state index in [1.807, 2.05) is 61.5 Å². The summed E-state index contributed by atoms with van der Waals surface area (Å²) in [5, 5.41) is 9.68. The summed E-state index contributed by atoms with van der Waals surface area (Å²) in [4.78, 5) is 14.7. The molecule has 0 aliphatic carbocycles. The lowest BCUT2D eigenvalue weighted by Crippen LogP contribution is -2.29. The Morgan fingerprint density at radius 1 is 1.03 bits per heavy atom. The van der Waals surface area contributed by atoms with E-state index in [1.54, 1.807) is 30.2 Å². The number of fused-ring (bicyclic) bond motifs is 1. The third-order valence-corrected chi connectivity index (χ3v) is 5.82. The maximum Gasteiger partial charge on any atom is 0.268 e. The van der Waals surface area contributed by atoms with Crippen LogP contribution in [0.25, 0.3) is 6.08 Å². The third kappa shape index (κ3) is 5.82. The summed E-state index contributed by atoms with van der Waals surface area (Å²) in [6, 6.07) is 23.1. The standard InChI is InChI=1S/C29H28N2O4/c1-21-8-11-25(12-9-21)34-16-5-17-35-27-13-10-22(19-28(27)33-2)18-24(20-30)29(32)31-15-14-23-6-3-4-7-26(23)31/h3-4,6-13,18-19H,5,14-17H2,1-2H3/b24-18+. The normalized spacial score (nSPS) is 12.6. The predicted octanol–water partition coefficient (Wildman–Crippen LogP) is 5.35. The first-order chi connectivity index (χ1) is 17.1. The van der Waals surface area contributed by atoms with Crippen LogP contribution in [0.2, 0.25) is 0 Å². The number of nitriles is 1. The molecule has 6 heteroatoms. The molecule has 0 saturated heterocycles. The van der Waals surface area contributed by atoms with Gasteiger partial charge in [0.05, 0.1) is 20.3 Å². The lowest BCUT2D eigenvalue weighted by molar-refractivity contribution is -0.114. The number of rotatable bonds is 9. The molecule has 0 atom stereocenters. The van der Waals surface area contributed by atoms with Crippen LogP contribution in [0, 0.1) is 18.3 Å². The predicted molar refractivity (Wildman–Crippen MR) is 136 cm³/mol. The van der Waals surface area contributed by atoms with Crippen molar-refractivity contribution in [3.05, 3.63) is 89.0 Å². The van der Waals surface area contributed by atoms with Crippen molar-refractivity contribution in [2.24, 2.45) is 0 Å². The number of anilines is 1. The second kappa shape index (κ2) is 11.3. The molecule has 4 rings (SSSR count). The van der Waals surface area contributed by atoms with Gasteiger partial charge in [-0.05, 0) is 60.9 Å². The molecule has 6 nitrogen and oxygen atoms in total. The summed E-state index contributed by atoms with van der Waals surface area (Å²) in [6.45, 7) is 3.62. The fourth-order valence-electron chi connectivity index (χ4n) is 3.96. The monoisotopic (exact) mass is 468 g/mol. The summed E-state index contributed by atoms with van der Waals surface area (Å²) in [7, 11) is 1.56. The van der Waals surface area contributed by atoms with Gasteiger partial charge < -0.3 is 19.1 Å². The number of carbonyl (C=O) groups is 1. The summed E-state index contributed by atoms with van der Waals surface area (Å²) < 4.78 is 17.1. The molecule has 1 aliphatic heterocycles. The van der Waals surface area contributed by atoms with Crippen LogP contribution in [0.3, 0.4) is 0 Å². The highest BCUT2D eigenvalue weighted by Crippen LogP contribution is 2.31. The molecule has 3 aromatic rings. The molecule has 0 saturated carbocycles. The summed E-state index contributed by atoms with van der Waals surface area (Å²) in [6.07, 6.45) is 3.09. The summed E-state index contributed by atoms with van der Waals surface area (Å²) in [5.41, 5.74) is 3.94. The molecule has 0 N–H and O–H groups in total. The fraction of sp³-hybridized carbons (Fsp3) is 0.241. The highest BCUT2D eigenvalue weighted by Gasteiger charge is 2.26. The molecular formula is C29H28N2O4. The van der Waals surface area contributed by atoms with E-state index in [0.29, 0.717) is 43.2 Å². The fourth-order valence-corrected chi connectivity index (χ4v) is 3.96. The van der Waals surface area contributed by atoms with Gasteiger partial charge in [0, 0.05) is 18.7 Å². The molecule has 178 valence electrons. The lowest BCUT2D eigenvalue weighted by Gasteiger charge is -2.16. The average Bonchev–Trinajstić information content (AvgIpc) is 3.32. The van der Waals surface area contributed by atoms with E-state index in [1.165, 1.54) is 5.56 Å². The zero-order valence-corrected chi connectivity index (χ0v) is 20.0. The SMILES string of the molecule is COc1cc(/C=C(\C#N)C(=O)N2CCc3ccccc32)ccc1OCCCOc1ccc(C)cc1. The molecule has 1 aliphatic rings. The molecule has 0 unspecified atom stereocenters. The van der Waals surface area contributed by atoms with Crippen molar-refractivity contribution in [3.63, 3.8) is 0 Å². The van der Waals surface area contributed by atoms with Gasteiger partial charge >= 0.3 is 0 Å². The van der Waals surface area contributed by atoms with Crippen LogP contribution in [-0.4, -0.2) is 32.8 Å². The number of ether oxygens (including phenoxy) is 3. The van der Waals surface area contributed by atoms with Gasteiger partial charge in [0.1, 0.15) is 17.4 Å². The van der Waals surface area contributed by atoms with Crippen LogP contribution < -0.4 is 19.1 Å². The number of nitrogens with zero attached hydrogens (tertiary/aromatic N) is 2. The highest BCUT2D eigenvalue weighted by atomic mass is 16.5. The van der Waals surface area contributed by atoms with E-state index >= 15 is 0 Å². The Balaban J connectivity index is 1.37. The summed E-state index contributed by atoms with van der Waals surface area (Å²) >= 11 is 0. The summed E-state index contributed by atoms with van der Waals surface area (Å²) in [5.74, 6) is 1.67. The molecule has 1 amide bonds. The van der Waals surface area contributed by atoms with E-state index in [2.05, 4.69) is 6.07 Å². The van der Waals surface area contributed by atoms with E-state index in [4.69, 9.17) is 14.2 Å². The lowest BCUT2D eigenvalue weighted by atomic mass is 10.1. The Labute approximate surface area is 206 Å². The van der Waals surface area contributed by atoms with Crippen molar-refractivity contribution in [3.8, 4) is 23.3 Å². The molecule has 3 aromatic carbocycles. The van der Waals surface area contributed by atoms with Crippen molar-refractivity contribution >= 4 is 17.7 Å². The number of benzene rings is 3. The number of para-hydroxylation sites is 1. The van der Waals surface area contributed by atoms with Crippen molar-refractivity contribution < 1.29 is 19.0 Å². The van der Waals surface area contributed by atoms with Gasteiger partial charge in [-0.3, -0.25) is 4.79 Å². The maximum atomic E-state index is 13.1. The van der Waals surface area contributed by atoms with Crippen LogP contribution in [-0.2, 0) is 11.2 Å². The molecule has 35 heavy (non-hydrogen) atoms. The van der Waals surface area contributed by atoms with Crippen molar-refractivity contribution in [1.29, 1.82) is 5.26 Å². The van der Waals surface area contributed by atoms with E-state index in [9.17, 15) is 10.1 Å². The minimum absolute atomic E-state index is 0.0747. The number of amides is 1. The minimum Gasteiger partial charge on any atom is -0.493 e. The van der Waals surface area contributed by atoms with Crippen LogP contribution in [0.4, 0.5) is 5.69 Å². The quantitative estimate of drug-likeness (QED) is 0.241. The maximum absolute atomic E-state index is 13.1. The highest BCUT2D eigenvalue weighted by molar-refractivity contribution is 6.12. The molecule has 0 bridgehead atoms. The molecule has 0 fully saturated rings. The Bertz CT molecular complexity index is 1260. The van der Waals surface area contributed by atoms with Crippen molar-refractivity contribution in [1.82, 2.24) is 0 Å². The Morgan fingerprint density at radius 3 is 2.57 bits per heavy atom. The molecule has 0 radical (unpaired) electrons. The van der Waals surface area contributed by atoms with E-state index < -0.39 is 0 Å². The number of carbonyl (C=O) groups excluding carboxylic acids is 1. The van der Waals surface area contributed by atoms with Gasteiger partial charge in [0.25, 0.3) is 5.91 Å². The Morgan fingerprint density at radius 2 is 1.80 bits per heavy atom. The van der Waals surface area contributed by atoms with Crippen LogP contribution in [0.15, 0.2) is 72.3 Å². The van der Waals surface area contributed by atoms with Crippen molar-refractivity contribution in [2.75, 3.05) is 31.8 Å². The van der Waals surface area contributed by atoms with E-state index in [-0.39, 0.29) is 11.5 Å². The van der Waals surface area contributed by atoms with Crippen LogP contribution in [0.1, 0.15) is 23.1 Å². The Hall–Kier alpha value is -4.24. The largest absolute Gasteiger partial charge is 0.493 e. The zero-order chi connectivity index (χ0) is 24.6. The second-order valence-corrected chi connectivity index (χ2v) is 8.28.